The first-order chi connectivity index (χ1) is 10.6. The fourth-order valence-electron chi connectivity index (χ4n) is 3.22. The van der Waals surface area contributed by atoms with Gasteiger partial charge in [-0.15, -0.1) is 12.4 Å². The number of halogens is 1. The number of hydrogen-bond donors (Lipinski definition) is 1. The normalized spacial score (nSPS) is 18.3. The Bertz CT molecular complexity index is 469. The molecule has 23 heavy (non-hydrogen) atoms. The molecular weight excluding hydrogens is 308 g/mol. The zero-order valence-corrected chi connectivity index (χ0v) is 15.5. The van der Waals surface area contributed by atoms with E-state index in [0.29, 0.717) is 24.3 Å². The number of benzene rings is 1. The largest absolute Gasteiger partial charge is 0.342 e. The lowest BCUT2D eigenvalue weighted by molar-refractivity contribution is -0.132. The maximum atomic E-state index is 12.4. The molecule has 0 aromatic heterocycles. The lowest BCUT2D eigenvalue weighted by Crippen LogP contribution is -2.38. The molecule has 1 aliphatic rings. The van der Waals surface area contributed by atoms with Crippen LogP contribution in [0.25, 0.3) is 0 Å². The van der Waals surface area contributed by atoms with Crippen molar-refractivity contribution in [1.82, 2.24) is 10.2 Å². The minimum atomic E-state index is 0. The SMILES string of the molecule is CCC(Cc1ccc(C)cc1)N(C)C(=O)CCC1CCNC1.Cl. The molecule has 1 heterocycles. The van der Waals surface area contributed by atoms with Gasteiger partial charge in [-0.05, 0) is 57.2 Å². The van der Waals surface area contributed by atoms with Crippen LogP contribution in [0.1, 0.15) is 43.7 Å². The second-order valence-corrected chi connectivity index (χ2v) is 6.65. The van der Waals surface area contributed by atoms with Crippen LogP contribution in [0.4, 0.5) is 0 Å². The number of likely N-dealkylation sites (N-methyl/N-ethyl adjacent to an activating group) is 1. The van der Waals surface area contributed by atoms with Gasteiger partial charge in [0, 0.05) is 19.5 Å². The van der Waals surface area contributed by atoms with Gasteiger partial charge in [0.15, 0.2) is 0 Å². The molecule has 0 spiro atoms. The second kappa shape index (κ2) is 9.94. The Hall–Kier alpha value is -1.06. The predicted octanol–water partition coefficient (Wildman–Crippen LogP) is 3.59. The molecule has 0 radical (unpaired) electrons. The molecule has 4 heteroatoms. The highest BCUT2D eigenvalue weighted by Crippen LogP contribution is 2.17. The lowest BCUT2D eigenvalue weighted by atomic mass is 9.99. The highest BCUT2D eigenvalue weighted by atomic mass is 35.5. The summed E-state index contributed by atoms with van der Waals surface area (Å²) in [6.07, 6.45) is 4.88. The molecule has 1 aromatic rings. The van der Waals surface area contributed by atoms with E-state index in [2.05, 4.69) is 43.4 Å². The van der Waals surface area contributed by atoms with Gasteiger partial charge < -0.3 is 10.2 Å². The van der Waals surface area contributed by atoms with E-state index < -0.39 is 0 Å². The Morgan fingerprint density at radius 2 is 2.04 bits per heavy atom. The Morgan fingerprint density at radius 3 is 2.61 bits per heavy atom. The van der Waals surface area contributed by atoms with E-state index >= 15 is 0 Å². The number of aryl methyl sites for hydroxylation is 1. The highest BCUT2D eigenvalue weighted by Gasteiger charge is 2.21. The number of rotatable bonds is 7. The van der Waals surface area contributed by atoms with Crippen LogP contribution in [0.15, 0.2) is 24.3 Å². The van der Waals surface area contributed by atoms with E-state index in [4.69, 9.17) is 0 Å². The van der Waals surface area contributed by atoms with Crippen molar-refractivity contribution >= 4 is 18.3 Å². The minimum Gasteiger partial charge on any atom is -0.342 e. The van der Waals surface area contributed by atoms with Crippen LogP contribution >= 0.6 is 12.4 Å². The van der Waals surface area contributed by atoms with Crippen LogP contribution in [-0.4, -0.2) is 37.0 Å². The number of amides is 1. The maximum absolute atomic E-state index is 12.4. The summed E-state index contributed by atoms with van der Waals surface area (Å²) in [5.74, 6) is 0.986. The van der Waals surface area contributed by atoms with Crippen LogP contribution < -0.4 is 5.32 Å². The molecule has 130 valence electrons. The summed E-state index contributed by atoms with van der Waals surface area (Å²) in [5, 5.41) is 3.37. The van der Waals surface area contributed by atoms with E-state index in [0.717, 1.165) is 32.4 Å². The molecule has 1 saturated heterocycles. The number of carbonyl (C=O) groups excluding carboxylic acids is 1. The van der Waals surface area contributed by atoms with E-state index in [9.17, 15) is 4.79 Å². The van der Waals surface area contributed by atoms with Crippen LogP contribution in [0.3, 0.4) is 0 Å². The first-order valence-corrected chi connectivity index (χ1v) is 8.62. The van der Waals surface area contributed by atoms with Crippen molar-refractivity contribution in [3.8, 4) is 0 Å². The molecule has 1 aromatic carbocycles. The molecule has 1 amide bonds. The van der Waals surface area contributed by atoms with Gasteiger partial charge in [0.05, 0.1) is 0 Å². The molecular formula is C19H31ClN2O. The topological polar surface area (TPSA) is 32.3 Å². The lowest BCUT2D eigenvalue weighted by Gasteiger charge is -2.28. The zero-order valence-electron chi connectivity index (χ0n) is 14.7. The molecule has 1 aliphatic heterocycles. The molecule has 3 nitrogen and oxygen atoms in total. The summed E-state index contributed by atoms with van der Waals surface area (Å²) in [6, 6.07) is 8.96. The molecule has 0 saturated carbocycles. The first-order valence-electron chi connectivity index (χ1n) is 8.62. The number of nitrogens with one attached hydrogen (secondary N) is 1. The summed E-state index contributed by atoms with van der Waals surface area (Å²) < 4.78 is 0. The van der Waals surface area contributed by atoms with Crippen molar-refractivity contribution in [2.75, 3.05) is 20.1 Å². The average Bonchev–Trinajstić information content (AvgIpc) is 3.05. The number of hydrogen-bond acceptors (Lipinski definition) is 2. The van der Waals surface area contributed by atoms with Crippen LogP contribution in [0.2, 0.25) is 0 Å². The Morgan fingerprint density at radius 1 is 1.35 bits per heavy atom. The maximum Gasteiger partial charge on any atom is 0.222 e. The van der Waals surface area contributed by atoms with Gasteiger partial charge in [-0.3, -0.25) is 4.79 Å². The van der Waals surface area contributed by atoms with Crippen molar-refractivity contribution in [2.45, 2.75) is 52.0 Å². The Labute approximate surface area is 147 Å². The van der Waals surface area contributed by atoms with Gasteiger partial charge in [-0.2, -0.15) is 0 Å². The third-order valence-corrected chi connectivity index (χ3v) is 4.93. The second-order valence-electron chi connectivity index (χ2n) is 6.65. The van der Waals surface area contributed by atoms with Crippen LogP contribution in [0.5, 0.6) is 0 Å². The Balaban J connectivity index is 0.00000264. The Kier molecular flexibility index (Phi) is 8.64. The van der Waals surface area contributed by atoms with Gasteiger partial charge in [-0.1, -0.05) is 36.8 Å². The van der Waals surface area contributed by atoms with Crippen molar-refractivity contribution in [3.63, 3.8) is 0 Å². The smallest absolute Gasteiger partial charge is 0.222 e. The quantitative estimate of drug-likeness (QED) is 0.824. The van der Waals surface area contributed by atoms with Crippen molar-refractivity contribution in [1.29, 1.82) is 0 Å². The zero-order chi connectivity index (χ0) is 15.9. The first kappa shape index (κ1) is 20.0. The van der Waals surface area contributed by atoms with Gasteiger partial charge in [-0.25, -0.2) is 0 Å². The monoisotopic (exact) mass is 338 g/mol. The fraction of sp³-hybridized carbons (Fsp3) is 0.632. The van der Waals surface area contributed by atoms with E-state index in [1.807, 2.05) is 11.9 Å². The molecule has 0 aliphatic carbocycles. The van der Waals surface area contributed by atoms with Gasteiger partial charge >= 0.3 is 0 Å². The van der Waals surface area contributed by atoms with Crippen LogP contribution in [-0.2, 0) is 11.2 Å². The summed E-state index contributed by atoms with van der Waals surface area (Å²) in [6.45, 7) is 6.47. The summed E-state index contributed by atoms with van der Waals surface area (Å²) in [7, 11) is 1.97. The van der Waals surface area contributed by atoms with Gasteiger partial charge in [0.1, 0.15) is 0 Å². The number of carbonyl (C=O) groups is 1. The number of nitrogens with zero attached hydrogens (tertiary/aromatic N) is 1. The van der Waals surface area contributed by atoms with Crippen molar-refractivity contribution in [3.05, 3.63) is 35.4 Å². The summed E-state index contributed by atoms with van der Waals surface area (Å²) >= 11 is 0. The summed E-state index contributed by atoms with van der Waals surface area (Å²) in [4.78, 5) is 14.4. The fourth-order valence-corrected chi connectivity index (χ4v) is 3.22. The molecule has 1 fully saturated rings. The molecule has 2 rings (SSSR count). The third kappa shape index (κ3) is 6.15. The molecule has 1 N–H and O–H groups in total. The average molecular weight is 339 g/mol. The summed E-state index contributed by atoms with van der Waals surface area (Å²) in [5.41, 5.74) is 2.60. The molecule has 0 bridgehead atoms. The predicted molar refractivity (Wildman–Crippen MR) is 99.2 cm³/mol. The van der Waals surface area contributed by atoms with Crippen molar-refractivity contribution < 1.29 is 4.79 Å². The van der Waals surface area contributed by atoms with Gasteiger partial charge in [0.25, 0.3) is 0 Å². The van der Waals surface area contributed by atoms with E-state index in [1.54, 1.807) is 0 Å². The molecule has 2 atom stereocenters. The van der Waals surface area contributed by atoms with Crippen LogP contribution in [0, 0.1) is 12.8 Å². The minimum absolute atomic E-state index is 0. The van der Waals surface area contributed by atoms with E-state index in [-0.39, 0.29) is 12.4 Å². The van der Waals surface area contributed by atoms with E-state index in [1.165, 1.54) is 17.5 Å². The highest BCUT2D eigenvalue weighted by molar-refractivity contribution is 5.85. The van der Waals surface area contributed by atoms with Crippen molar-refractivity contribution in [2.24, 2.45) is 5.92 Å². The third-order valence-electron chi connectivity index (χ3n) is 4.93. The molecule has 2 unspecified atom stereocenters. The van der Waals surface area contributed by atoms with Gasteiger partial charge in [0.2, 0.25) is 5.91 Å². The standard InChI is InChI=1S/C19H30N2O.ClH/c1-4-18(13-16-7-5-15(2)6-8-16)21(3)19(22)10-9-17-11-12-20-14-17;/h5-8,17-18,20H,4,9-14H2,1-3H3;1H.